The molecule has 1 unspecified atom stereocenters. The second-order valence-corrected chi connectivity index (χ2v) is 4.85. The van der Waals surface area contributed by atoms with Gasteiger partial charge in [0, 0.05) is 16.7 Å². The summed E-state index contributed by atoms with van der Waals surface area (Å²) in [4.78, 5) is 13.2. The topological polar surface area (TPSA) is 40.5 Å². The number of rotatable bonds is 6. The van der Waals surface area contributed by atoms with Gasteiger partial charge in [-0.2, -0.15) is 0 Å². The SMILES string of the molecule is CCCN(c1ccc(Br)cc1)C(CC)C(=O)O. The van der Waals surface area contributed by atoms with E-state index in [-0.39, 0.29) is 0 Å². The molecule has 0 aliphatic heterocycles. The Morgan fingerprint density at radius 2 is 1.94 bits per heavy atom. The van der Waals surface area contributed by atoms with Gasteiger partial charge in [0.05, 0.1) is 0 Å². The molecule has 1 N–H and O–H groups in total. The molecule has 0 spiro atoms. The molecule has 17 heavy (non-hydrogen) atoms. The van der Waals surface area contributed by atoms with Gasteiger partial charge >= 0.3 is 5.97 Å². The molecule has 1 atom stereocenters. The Kier molecular flexibility index (Phi) is 5.48. The van der Waals surface area contributed by atoms with Crippen molar-refractivity contribution in [1.29, 1.82) is 0 Å². The van der Waals surface area contributed by atoms with Gasteiger partial charge in [-0.25, -0.2) is 4.79 Å². The Balaban J connectivity index is 2.98. The first-order valence-electron chi connectivity index (χ1n) is 5.85. The van der Waals surface area contributed by atoms with E-state index in [0.29, 0.717) is 6.42 Å². The second kappa shape index (κ2) is 6.64. The zero-order valence-electron chi connectivity index (χ0n) is 10.2. The van der Waals surface area contributed by atoms with E-state index in [9.17, 15) is 9.90 Å². The number of nitrogens with zero attached hydrogens (tertiary/aromatic N) is 1. The summed E-state index contributed by atoms with van der Waals surface area (Å²) in [6.07, 6.45) is 1.53. The molecule has 0 heterocycles. The van der Waals surface area contributed by atoms with Crippen molar-refractivity contribution < 1.29 is 9.90 Å². The van der Waals surface area contributed by atoms with Gasteiger partial charge in [0.1, 0.15) is 6.04 Å². The van der Waals surface area contributed by atoms with E-state index < -0.39 is 12.0 Å². The van der Waals surface area contributed by atoms with Crippen molar-refractivity contribution in [3.63, 3.8) is 0 Å². The third kappa shape index (κ3) is 3.73. The Bertz CT molecular complexity index is 364. The van der Waals surface area contributed by atoms with Crippen molar-refractivity contribution in [3.05, 3.63) is 28.7 Å². The van der Waals surface area contributed by atoms with E-state index in [0.717, 1.165) is 23.1 Å². The van der Waals surface area contributed by atoms with Crippen LogP contribution in [0.3, 0.4) is 0 Å². The third-order valence-electron chi connectivity index (χ3n) is 2.67. The number of carboxylic acids is 1. The molecule has 0 bridgehead atoms. The molecular formula is C13H18BrNO2. The number of halogens is 1. The zero-order chi connectivity index (χ0) is 12.8. The van der Waals surface area contributed by atoms with Crippen LogP contribution in [-0.2, 0) is 4.79 Å². The van der Waals surface area contributed by atoms with Gasteiger partial charge in [0.25, 0.3) is 0 Å². The lowest BCUT2D eigenvalue weighted by molar-refractivity contribution is -0.138. The standard InChI is InChI=1S/C13H18BrNO2/c1-3-9-15(12(4-2)13(16)17)11-7-5-10(14)6-8-11/h5-8,12H,3-4,9H2,1-2H3,(H,16,17). The van der Waals surface area contributed by atoms with Crippen LogP contribution >= 0.6 is 15.9 Å². The van der Waals surface area contributed by atoms with Crippen molar-refractivity contribution in [3.8, 4) is 0 Å². The normalized spacial score (nSPS) is 12.2. The molecule has 0 saturated heterocycles. The van der Waals surface area contributed by atoms with Gasteiger partial charge in [0.2, 0.25) is 0 Å². The van der Waals surface area contributed by atoms with Crippen LogP contribution in [0.25, 0.3) is 0 Å². The van der Waals surface area contributed by atoms with Gasteiger partial charge < -0.3 is 10.0 Å². The van der Waals surface area contributed by atoms with Crippen molar-refractivity contribution in [2.75, 3.05) is 11.4 Å². The molecule has 0 amide bonds. The molecule has 1 aromatic rings. The number of hydrogen-bond acceptors (Lipinski definition) is 2. The fourth-order valence-electron chi connectivity index (χ4n) is 1.87. The van der Waals surface area contributed by atoms with E-state index in [1.165, 1.54) is 0 Å². The van der Waals surface area contributed by atoms with Crippen LogP contribution in [-0.4, -0.2) is 23.7 Å². The summed E-state index contributed by atoms with van der Waals surface area (Å²) in [6.45, 7) is 4.72. The number of carboxylic acid groups (broad SMARTS) is 1. The molecule has 0 saturated carbocycles. The highest BCUT2D eigenvalue weighted by Gasteiger charge is 2.23. The first-order valence-corrected chi connectivity index (χ1v) is 6.64. The third-order valence-corrected chi connectivity index (χ3v) is 3.20. The molecule has 0 radical (unpaired) electrons. The monoisotopic (exact) mass is 299 g/mol. The lowest BCUT2D eigenvalue weighted by atomic mass is 10.1. The van der Waals surface area contributed by atoms with Crippen LogP contribution in [0.15, 0.2) is 28.7 Å². The van der Waals surface area contributed by atoms with Crippen LogP contribution in [0.5, 0.6) is 0 Å². The van der Waals surface area contributed by atoms with E-state index in [4.69, 9.17) is 0 Å². The average molecular weight is 300 g/mol. The van der Waals surface area contributed by atoms with Gasteiger partial charge in [-0.05, 0) is 37.1 Å². The van der Waals surface area contributed by atoms with Gasteiger partial charge in [-0.3, -0.25) is 0 Å². The molecule has 3 nitrogen and oxygen atoms in total. The Morgan fingerprint density at radius 3 is 2.35 bits per heavy atom. The van der Waals surface area contributed by atoms with Crippen molar-refractivity contribution in [1.82, 2.24) is 0 Å². The molecule has 0 fully saturated rings. The number of carbonyl (C=O) groups is 1. The molecular weight excluding hydrogens is 282 g/mol. The van der Waals surface area contributed by atoms with Crippen LogP contribution in [0.1, 0.15) is 26.7 Å². The summed E-state index contributed by atoms with van der Waals surface area (Å²) in [5, 5.41) is 9.24. The molecule has 0 aliphatic rings. The fourth-order valence-corrected chi connectivity index (χ4v) is 2.13. The Labute approximate surface area is 111 Å². The zero-order valence-corrected chi connectivity index (χ0v) is 11.8. The highest BCUT2D eigenvalue weighted by Crippen LogP contribution is 2.22. The molecule has 0 aliphatic carbocycles. The van der Waals surface area contributed by atoms with Crippen molar-refractivity contribution in [2.24, 2.45) is 0 Å². The van der Waals surface area contributed by atoms with Crippen LogP contribution in [0, 0.1) is 0 Å². The number of aliphatic carboxylic acids is 1. The Hall–Kier alpha value is -1.03. The number of hydrogen-bond donors (Lipinski definition) is 1. The maximum absolute atomic E-state index is 11.2. The summed E-state index contributed by atoms with van der Waals surface area (Å²) in [5.74, 6) is -0.760. The van der Waals surface area contributed by atoms with E-state index in [2.05, 4.69) is 22.9 Å². The molecule has 4 heteroatoms. The summed E-state index contributed by atoms with van der Waals surface area (Å²) in [5.41, 5.74) is 0.962. The summed E-state index contributed by atoms with van der Waals surface area (Å²) >= 11 is 3.38. The van der Waals surface area contributed by atoms with Crippen LogP contribution in [0.4, 0.5) is 5.69 Å². The van der Waals surface area contributed by atoms with Crippen molar-refractivity contribution >= 4 is 27.6 Å². The lowest BCUT2D eigenvalue weighted by Gasteiger charge is -2.30. The van der Waals surface area contributed by atoms with Gasteiger partial charge in [0.15, 0.2) is 0 Å². The highest BCUT2D eigenvalue weighted by molar-refractivity contribution is 9.10. The average Bonchev–Trinajstić information content (AvgIpc) is 2.29. The molecule has 0 aromatic heterocycles. The Morgan fingerprint density at radius 1 is 1.35 bits per heavy atom. The highest BCUT2D eigenvalue weighted by atomic mass is 79.9. The molecule has 1 aromatic carbocycles. The van der Waals surface area contributed by atoms with E-state index in [1.54, 1.807) is 0 Å². The minimum absolute atomic E-state index is 0.448. The van der Waals surface area contributed by atoms with E-state index in [1.807, 2.05) is 36.1 Å². The quantitative estimate of drug-likeness (QED) is 0.873. The van der Waals surface area contributed by atoms with Gasteiger partial charge in [-0.15, -0.1) is 0 Å². The largest absolute Gasteiger partial charge is 0.480 e. The second-order valence-electron chi connectivity index (χ2n) is 3.93. The van der Waals surface area contributed by atoms with Crippen LogP contribution in [0.2, 0.25) is 0 Å². The molecule has 94 valence electrons. The number of benzene rings is 1. The summed E-state index contributed by atoms with van der Waals surface area (Å²) in [7, 11) is 0. The first-order chi connectivity index (χ1) is 8.10. The maximum atomic E-state index is 11.2. The fraction of sp³-hybridized carbons (Fsp3) is 0.462. The first kappa shape index (κ1) is 14.0. The van der Waals surface area contributed by atoms with Gasteiger partial charge in [-0.1, -0.05) is 29.8 Å². The predicted molar refractivity (Wildman–Crippen MR) is 73.5 cm³/mol. The number of anilines is 1. The maximum Gasteiger partial charge on any atom is 0.326 e. The molecule has 1 rings (SSSR count). The summed E-state index contributed by atoms with van der Waals surface area (Å²) < 4.78 is 1.00. The minimum atomic E-state index is -0.760. The smallest absolute Gasteiger partial charge is 0.326 e. The van der Waals surface area contributed by atoms with Crippen molar-refractivity contribution in [2.45, 2.75) is 32.7 Å². The minimum Gasteiger partial charge on any atom is -0.480 e. The van der Waals surface area contributed by atoms with Crippen LogP contribution < -0.4 is 4.90 Å². The predicted octanol–water partition coefficient (Wildman–Crippen LogP) is 3.53. The lowest BCUT2D eigenvalue weighted by Crippen LogP contribution is -2.41. The summed E-state index contributed by atoms with van der Waals surface area (Å²) in [6, 6.07) is 7.33. The van der Waals surface area contributed by atoms with E-state index >= 15 is 0 Å².